The number of aromatic hydroxyl groups is 1. The fraction of sp³-hybridized carbons (Fsp3) is 0.385. The molecule has 0 unspecified atom stereocenters. The van der Waals surface area contributed by atoms with Crippen molar-refractivity contribution in [3.8, 4) is 5.75 Å². The van der Waals surface area contributed by atoms with Gasteiger partial charge < -0.3 is 15.3 Å². The van der Waals surface area contributed by atoms with Gasteiger partial charge in [0.2, 0.25) is 5.91 Å². The van der Waals surface area contributed by atoms with Gasteiger partial charge in [0, 0.05) is 18.1 Å². The van der Waals surface area contributed by atoms with E-state index in [4.69, 9.17) is 11.6 Å². The molecule has 104 valence electrons. The van der Waals surface area contributed by atoms with Gasteiger partial charge in [0.05, 0.1) is 12.1 Å². The Morgan fingerprint density at radius 1 is 1.42 bits per heavy atom. The number of likely N-dealkylation sites (N-methyl/N-ethyl adjacent to an activating group) is 1. The smallest absolute Gasteiger partial charge is 0.257 e. The lowest BCUT2D eigenvalue weighted by Crippen LogP contribution is -2.40. The van der Waals surface area contributed by atoms with E-state index in [-0.39, 0.29) is 29.8 Å². The van der Waals surface area contributed by atoms with Crippen LogP contribution < -0.4 is 5.32 Å². The van der Waals surface area contributed by atoms with Crippen molar-refractivity contribution in [2.24, 2.45) is 0 Å². The molecule has 6 heteroatoms. The van der Waals surface area contributed by atoms with Crippen LogP contribution in [-0.4, -0.2) is 41.5 Å². The lowest BCUT2D eigenvalue weighted by molar-refractivity contribution is -0.122. The highest BCUT2D eigenvalue weighted by Crippen LogP contribution is 2.22. The van der Waals surface area contributed by atoms with Crippen LogP contribution in [0.1, 0.15) is 24.2 Å². The molecule has 0 atom stereocenters. The van der Waals surface area contributed by atoms with Crippen molar-refractivity contribution < 1.29 is 14.7 Å². The number of amides is 2. The molecule has 1 aromatic rings. The Balaban J connectivity index is 2.77. The van der Waals surface area contributed by atoms with Crippen LogP contribution in [0.3, 0.4) is 0 Å². The van der Waals surface area contributed by atoms with E-state index >= 15 is 0 Å². The summed E-state index contributed by atoms with van der Waals surface area (Å²) in [5.41, 5.74) is 0.0762. The summed E-state index contributed by atoms with van der Waals surface area (Å²) in [4.78, 5) is 24.8. The maximum absolute atomic E-state index is 12.1. The van der Waals surface area contributed by atoms with E-state index < -0.39 is 5.91 Å². The fourth-order valence-electron chi connectivity index (χ4n) is 1.54. The number of nitrogens with zero attached hydrogens (tertiary/aromatic N) is 1. The number of hydrogen-bond donors (Lipinski definition) is 2. The predicted octanol–water partition coefficient (Wildman–Crippen LogP) is 1.64. The van der Waals surface area contributed by atoms with Gasteiger partial charge in [-0.15, -0.1) is 0 Å². The van der Waals surface area contributed by atoms with E-state index in [9.17, 15) is 14.7 Å². The molecule has 0 saturated carbocycles. The maximum atomic E-state index is 12.1. The lowest BCUT2D eigenvalue weighted by Gasteiger charge is -2.18. The van der Waals surface area contributed by atoms with Crippen LogP contribution in [0, 0.1) is 0 Å². The highest BCUT2D eigenvalue weighted by Gasteiger charge is 2.18. The minimum absolute atomic E-state index is 0.00979. The highest BCUT2D eigenvalue weighted by molar-refractivity contribution is 6.31. The monoisotopic (exact) mass is 284 g/mol. The average Bonchev–Trinajstić information content (AvgIpc) is 2.30. The van der Waals surface area contributed by atoms with Crippen molar-refractivity contribution in [1.29, 1.82) is 0 Å². The van der Waals surface area contributed by atoms with E-state index in [0.717, 1.165) is 0 Å². The molecule has 0 aliphatic carbocycles. The molecule has 0 aliphatic rings. The number of rotatable bonds is 4. The van der Waals surface area contributed by atoms with Gasteiger partial charge in [0.25, 0.3) is 5.91 Å². The minimum atomic E-state index is -0.459. The number of carbonyl (C=O) groups excluding carboxylic acids is 2. The Bertz CT molecular complexity index is 489. The third-order valence-corrected chi connectivity index (χ3v) is 2.60. The first-order valence-electron chi connectivity index (χ1n) is 5.84. The molecule has 0 radical (unpaired) electrons. The molecule has 0 bridgehead atoms. The van der Waals surface area contributed by atoms with Crippen LogP contribution in [0.5, 0.6) is 5.75 Å². The molecule has 2 amide bonds. The van der Waals surface area contributed by atoms with Gasteiger partial charge in [-0.05, 0) is 32.0 Å². The van der Waals surface area contributed by atoms with Gasteiger partial charge in [-0.2, -0.15) is 0 Å². The van der Waals surface area contributed by atoms with Crippen molar-refractivity contribution >= 4 is 23.4 Å². The first-order valence-corrected chi connectivity index (χ1v) is 6.22. The number of phenols is 1. The van der Waals surface area contributed by atoms with Gasteiger partial charge in [-0.3, -0.25) is 9.59 Å². The van der Waals surface area contributed by atoms with Crippen LogP contribution in [0.2, 0.25) is 5.02 Å². The zero-order valence-corrected chi connectivity index (χ0v) is 11.9. The third kappa shape index (κ3) is 4.44. The molecule has 1 aromatic carbocycles. The van der Waals surface area contributed by atoms with Gasteiger partial charge in [0.1, 0.15) is 5.75 Å². The number of halogens is 1. The summed E-state index contributed by atoms with van der Waals surface area (Å²) in [7, 11) is 1.49. The molecular weight excluding hydrogens is 268 g/mol. The largest absolute Gasteiger partial charge is 0.507 e. The standard InChI is InChI=1S/C13H17ClN2O3/c1-8(2)15-12(18)7-16(3)13(19)10-6-9(14)4-5-11(10)17/h4-6,8,17H,7H2,1-3H3,(H,15,18). The Labute approximate surface area is 117 Å². The lowest BCUT2D eigenvalue weighted by atomic mass is 10.2. The van der Waals surface area contributed by atoms with Crippen molar-refractivity contribution in [1.82, 2.24) is 10.2 Å². The van der Waals surface area contributed by atoms with Crippen LogP contribution in [-0.2, 0) is 4.79 Å². The van der Waals surface area contributed by atoms with E-state index in [2.05, 4.69) is 5.32 Å². The molecule has 0 fully saturated rings. The van der Waals surface area contributed by atoms with E-state index in [1.807, 2.05) is 13.8 Å². The third-order valence-electron chi connectivity index (χ3n) is 2.37. The predicted molar refractivity (Wildman–Crippen MR) is 73.4 cm³/mol. The molecule has 1 rings (SSSR count). The van der Waals surface area contributed by atoms with Crippen LogP contribution in [0.25, 0.3) is 0 Å². The molecule has 5 nitrogen and oxygen atoms in total. The van der Waals surface area contributed by atoms with Gasteiger partial charge in [0.15, 0.2) is 0 Å². The summed E-state index contributed by atoms with van der Waals surface area (Å²) in [5, 5.41) is 12.7. The Morgan fingerprint density at radius 2 is 2.05 bits per heavy atom. The molecule has 0 aromatic heterocycles. The zero-order chi connectivity index (χ0) is 14.6. The Morgan fingerprint density at radius 3 is 2.63 bits per heavy atom. The number of carbonyl (C=O) groups is 2. The second-order valence-electron chi connectivity index (χ2n) is 4.54. The van der Waals surface area contributed by atoms with Gasteiger partial charge in [-0.1, -0.05) is 11.6 Å². The van der Waals surface area contributed by atoms with E-state index in [1.165, 1.54) is 30.1 Å². The number of phenolic OH excluding ortho intramolecular Hbond substituents is 1. The first-order chi connectivity index (χ1) is 8.81. The van der Waals surface area contributed by atoms with Gasteiger partial charge >= 0.3 is 0 Å². The quantitative estimate of drug-likeness (QED) is 0.883. The van der Waals surface area contributed by atoms with Gasteiger partial charge in [-0.25, -0.2) is 0 Å². The van der Waals surface area contributed by atoms with Crippen LogP contribution >= 0.6 is 11.6 Å². The van der Waals surface area contributed by atoms with E-state index in [1.54, 1.807) is 0 Å². The summed E-state index contributed by atoms with van der Waals surface area (Å²) in [6.45, 7) is 3.59. The molecule has 0 aliphatic heterocycles. The maximum Gasteiger partial charge on any atom is 0.257 e. The van der Waals surface area contributed by atoms with Crippen molar-refractivity contribution in [3.05, 3.63) is 28.8 Å². The fourth-order valence-corrected chi connectivity index (χ4v) is 1.71. The molecule has 2 N–H and O–H groups in total. The van der Waals surface area contributed by atoms with Crippen molar-refractivity contribution in [2.75, 3.05) is 13.6 Å². The molecular formula is C13H17ClN2O3. The average molecular weight is 285 g/mol. The second-order valence-corrected chi connectivity index (χ2v) is 4.98. The topological polar surface area (TPSA) is 69.6 Å². The molecule has 0 saturated heterocycles. The first kappa shape index (κ1) is 15.3. The second kappa shape index (κ2) is 6.43. The van der Waals surface area contributed by atoms with Crippen LogP contribution in [0.15, 0.2) is 18.2 Å². The molecule has 0 heterocycles. The number of benzene rings is 1. The normalized spacial score (nSPS) is 10.4. The molecule has 0 spiro atoms. The zero-order valence-electron chi connectivity index (χ0n) is 11.1. The summed E-state index contributed by atoms with van der Waals surface area (Å²) < 4.78 is 0. The van der Waals surface area contributed by atoms with Crippen molar-refractivity contribution in [3.63, 3.8) is 0 Å². The number of hydrogen-bond acceptors (Lipinski definition) is 3. The van der Waals surface area contributed by atoms with Crippen LogP contribution in [0.4, 0.5) is 0 Å². The highest BCUT2D eigenvalue weighted by atomic mass is 35.5. The number of nitrogens with one attached hydrogen (secondary N) is 1. The SMILES string of the molecule is CC(C)NC(=O)CN(C)C(=O)c1cc(Cl)ccc1O. The summed E-state index contributed by atoms with van der Waals surface area (Å²) >= 11 is 5.78. The summed E-state index contributed by atoms with van der Waals surface area (Å²) in [6.07, 6.45) is 0. The Kier molecular flexibility index (Phi) is 5.18. The summed E-state index contributed by atoms with van der Waals surface area (Å²) in [6, 6.07) is 4.21. The molecule has 19 heavy (non-hydrogen) atoms. The van der Waals surface area contributed by atoms with E-state index in [0.29, 0.717) is 5.02 Å². The summed E-state index contributed by atoms with van der Waals surface area (Å²) in [5.74, 6) is -0.878. The van der Waals surface area contributed by atoms with Crippen molar-refractivity contribution in [2.45, 2.75) is 19.9 Å². The Hall–Kier alpha value is -1.75. The minimum Gasteiger partial charge on any atom is -0.507 e.